The Balaban J connectivity index is 2.63. The molecule has 0 heterocycles. The fourth-order valence-electron chi connectivity index (χ4n) is 1.71. The Morgan fingerprint density at radius 1 is 1.24 bits per heavy atom. The van der Waals surface area contributed by atoms with Crippen molar-refractivity contribution in [2.75, 3.05) is 7.11 Å². The van der Waals surface area contributed by atoms with Crippen molar-refractivity contribution in [3.63, 3.8) is 0 Å². The number of ether oxygens (including phenoxy) is 1. The van der Waals surface area contributed by atoms with Gasteiger partial charge in [-0.1, -0.05) is 26.0 Å². The van der Waals surface area contributed by atoms with Gasteiger partial charge in [0.2, 0.25) is 0 Å². The molecule has 0 aromatic heterocycles. The van der Waals surface area contributed by atoms with Crippen molar-refractivity contribution in [1.29, 1.82) is 5.26 Å². The Bertz CT molecular complexity index is 374. The molecule has 92 valence electrons. The minimum atomic E-state index is -0.403. The van der Waals surface area contributed by atoms with E-state index in [1.165, 1.54) is 0 Å². The van der Waals surface area contributed by atoms with E-state index in [-0.39, 0.29) is 0 Å². The summed E-state index contributed by atoms with van der Waals surface area (Å²) >= 11 is 0. The fourth-order valence-corrected chi connectivity index (χ4v) is 1.71. The van der Waals surface area contributed by atoms with E-state index < -0.39 is 5.54 Å². The monoisotopic (exact) mass is 232 g/mol. The summed E-state index contributed by atoms with van der Waals surface area (Å²) in [7, 11) is 1.65. The van der Waals surface area contributed by atoms with Gasteiger partial charge in [-0.25, -0.2) is 0 Å². The maximum Gasteiger partial charge on any atom is 0.118 e. The van der Waals surface area contributed by atoms with Crippen molar-refractivity contribution in [2.45, 2.75) is 38.8 Å². The Morgan fingerprint density at radius 2 is 1.82 bits per heavy atom. The van der Waals surface area contributed by atoms with Crippen LogP contribution in [0, 0.1) is 11.3 Å². The molecule has 0 bridgehead atoms. The average molecular weight is 232 g/mol. The van der Waals surface area contributed by atoms with Crippen molar-refractivity contribution in [3.05, 3.63) is 29.8 Å². The molecule has 1 N–H and O–H groups in total. The first-order chi connectivity index (χ1) is 8.19. The molecule has 1 rings (SSSR count). The molecule has 0 saturated carbocycles. The molecule has 0 aliphatic heterocycles. The van der Waals surface area contributed by atoms with Gasteiger partial charge in [0, 0.05) is 6.54 Å². The maximum atomic E-state index is 9.20. The molecule has 3 heteroatoms. The quantitative estimate of drug-likeness (QED) is 0.820. The minimum absolute atomic E-state index is 0.403. The first-order valence-electron chi connectivity index (χ1n) is 5.99. The lowest BCUT2D eigenvalue weighted by atomic mass is 9.94. The molecule has 17 heavy (non-hydrogen) atoms. The van der Waals surface area contributed by atoms with Crippen LogP contribution in [0.3, 0.4) is 0 Å². The predicted octanol–water partition coefficient (Wildman–Crippen LogP) is 2.87. The molecule has 0 spiro atoms. The molecule has 0 saturated heterocycles. The van der Waals surface area contributed by atoms with Crippen LogP contribution in [0.25, 0.3) is 0 Å². The Labute approximate surface area is 103 Å². The van der Waals surface area contributed by atoms with Gasteiger partial charge in [-0.2, -0.15) is 5.26 Å². The Hall–Kier alpha value is -1.53. The van der Waals surface area contributed by atoms with Gasteiger partial charge in [0.05, 0.1) is 13.2 Å². The summed E-state index contributed by atoms with van der Waals surface area (Å²) in [5.41, 5.74) is 0.757. The molecular weight excluding hydrogens is 212 g/mol. The van der Waals surface area contributed by atoms with Gasteiger partial charge in [-0.05, 0) is 30.5 Å². The van der Waals surface area contributed by atoms with E-state index in [1.807, 2.05) is 38.1 Å². The number of benzene rings is 1. The van der Waals surface area contributed by atoms with Gasteiger partial charge in [0.1, 0.15) is 11.3 Å². The normalized spacial score (nSPS) is 10.9. The number of hydrogen-bond donors (Lipinski definition) is 1. The molecular formula is C14H20N2O. The molecule has 3 nitrogen and oxygen atoms in total. The van der Waals surface area contributed by atoms with E-state index in [9.17, 15) is 5.26 Å². The third-order valence-corrected chi connectivity index (χ3v) is 3.21. The van der Waals surface area contributed by atoms with Crippen molar-refractivity contribution < 1.29 is 4.74 Å². The Kier molecular flexibility index (Phi) is 4.99. The summed E-state index contributed by atoms with van der Waals surface area (Å²) < 4.78 is 5.11. The second-order valence-corrected chi connectivity index (χ2v) is 4.10. The predicted molar refractivity (Wildman–Crippen MR) is 68.8 cm³/mol. The summed E-state index contributed by atoms with van der Waals surface area (Å²) in [4.78, 5) is 0. The summed E-state index contributed by atoms with van der Waals surface area (Å²) in [6.45, 7) is 4.78. The van der Waals surface area contributed by atoms with Crippen molar-refractivity contribution in [3.8, 4) is 11.8 Å². The van der Waals surface area contributed by atoms with E-state index in [0.717, 1.165) is 24.2 Å². The summed E-state index contributed by atoms with van der Waals surface area (Å²) in [6.07, 6.45) is 1.63. The van der Waals surface area contributed by atoms with Crippen molar-refractivity contribution in [1.82, 2.24) is 5.32 Å². The van der Waals surface area contributed by atoms with Crippen LogP contribution < -0.4 is 10.1 Å². The smallest absolute Gasteiger partial charge is 0.118 e. The van der Waals surface area contributed by atoms with Crippen LogP contribution in [-0.4, -0.2) is 12.6 Å². The van der Waals surface area contributed by atoms with Crippen molar-refractivity contribution >= 4 is 0 Å². The van der Waals surface area contributed by atoms with Crippen LogP contribution in [0.1, 0.15) is 32.3 Å². The van der Waals surface area contributed by atoms with Crippen LogP contribution >= 0.6 is 0 Å². The molecule has 0 fully saturated rings. The standard InChI is InChI=1S/C14H20N2O/c1-4-14(5-2,11-15)16-10-12-6-8-13(17-3)9-7-12/h6-9,16H,4-5,10H2,1-3H3. The fraction of sp³-hybridized carbons (Fsp3) is 0.500. The van der Waals surface area contributed by atoms with Gasteiger partial charge < -0.3 is 4.74 Å². The van der Waals surface area contributed by atoms with Crippen LogP contribution in [0.15, 0.2) is 24.3 Å². The summed E-state index contributed by atoms with van der Waals surface area (Å²) in [5.74, 6) is 0.853. The number of nitriles is 1. The molecule has 0 aliphatic rings. The average Bonchev–Trinajstić information content (AvgIpc) is 2.41. The highest BCUT2D eigenvalue weighted by Gasteiger charge is 2.24. The highest BCUT2D eigenvalue weighted by Crippen LogP contribution is 2.16. The second kappa shape index (κ2) is 6.27. The van der Waals surface area contributed by atoms with Gasteiger partial charge in [0.15, 0.2) is 0 Å². The van der Waals surface area contributed by atoms with Gasteiger partial charge >= 0.3 is 0 Å². The first kappa shape index (κ1) is 13.5. The van der Waals surface area contributed by atoms with Crippen LogP contribution in [0.5, 0.6) is 5.75 Å². The van der Waals surface area contributed by atoms with Crippen molar-refractivity contribution in [2.24, 2.45) is 0 Å². The SMILES string of the molecule is CCC(C#N)(CC)NCc1ccc(OC)cc1. The molecule has 0 unspecified atom stereocenters. The lowest BCUT2D eigenvalue weighted by molar-refractivity contribution is 0.384. The molecule has 1 aromatic carbocycles. The maximum absolute atomic E-state index is 9.20. The van der Waals surface area contributed by atoms with E-state index in [2.05, 4.69) is 11.4 Å². The lowest BCUT2D eigenvalue weighted by Crippen LogP contribution is -2.42. The number of nitrogens with one attached hydrogen (secondary N) is 1. The summed E-state index contributed by atoms with van der Waals surface area (Å²) in [6, 6.07) is 10.3. The van der Waals surface area contributed by atoms with E-state index >= 15 is 0 Å². The topological polar surface area (TPSA) is 45.0 Å². The highest BCUT2D eigenvalue weighted by atomic mass is 16.5. The number of hydrogen-bond acceptors (Lipinski definition) is 3. The minimum Gasteiger partial charge on any atom is -0.497 e. The molecule has 0 amide bonds. The molecule has 0 aliphatic carbocycles. The molecule has 0 radical (unpaired) electrons. The zero-order chi connectivity index (χ0) is 12.7. The largest absolute Gasteiger partial charge is 0.497 e. The molecule has 0 atom stereocenters. The van der Waals surface area contributed by atoms with Gasteiger partial charge in [-0.15, -0.1) is 0 Å². The lowest BCUT2D eigenvalue weighted by Gasteiger charge is -2.25. The zero-order valence-electron chi connectivity index (χ0n) is 10.8. The third kappa shape index (κ3) is 3.47. The van der Waals surface area contributed by atoms with Gasteiger partial charge in [0.25, 0.3) is 0 Å². The van der Waals surface area contributed by atoms with E-state index in [0.29, 0.717) is 6.54 Å². The van der Waals surface area contributed by atoms with Crippen LogP contribution in [0.4, 0.5) is 0 Å². The van der Waals surface area contributed by atoms with Gasteiger partial charge in [-0.3, -0.25) is 5.32 Å². The van der Waals surface area contributed by atoms with E-state index in [4.69, 9.17) is 4.74 Å². The number of rotatable bonds is 6. The molecule has 1 aromatic rings. The highest BCUT2D eigenvalue weighted by molar-refractivity contribution is 5.27. The van der Waals surface area contributed by atoms with Crippen LogP contribution in [-0.2, 0) is 6.54 Å². The third-order valence-electron chi connectivity index (χ3n) is 3.21. The number of methoxy groups -OCH3 is 1. The van der Waals surface area contributed by atoms with Crippen LogP contribution in [0.2, 0.25) is 0 Å². The zero-order valence-corrected chi connectivity index (χ0v) is 10.8. The second-order valence-electron chi connectivity index (χ2n) is 4.10. The summed E-state index contributed by atoms with van der Waals surface area (Å²) in [5, 5.41) is 12.5. The Morgan fingerprint density at radius 3 is 2.24 bits per heavy atom. The first-order valence-corrected chi connectivity index (χ1v) is 5.99. The number of nitrogens with zero attached hydrogens (tertiary/aromatic N) is 1. The van der Waals surface area contributed by atoms with E-state index in [1.54, 1.807) is 7.11 Å².